The summed E-state index contributed by atoms with van der Waals surface area (Å²) in [6.07, 6.45) is -1.64. The van der Waals surface area contributed by atoms with E-state index in [1.54, 1.807) is 20.8 Å². The maximum Gasteiger partial charge on any atom is 0.341 e. The van der Waals surface area contributed by atoms with Gasteiger partial charge in [-0.2, -0.15) is 0 Å². The largest absolute Gasteiger partial charge is 0.462 e. The molecule has 6 rings (SSSR count). The van der Waals surface area contributed by atoms with Crippen molar-refractivity contribution in [1.29, 1.82) is 0 Å². The second-order valence-corrected chi connectivity index (χ2v) is 12.1. The molecule has 0 amide bonds. The van der Waals surface area contributed by atoms with Crippen molar-refractivity contribution < 1.29 is 48.3 Å². The predicted molar refractivity (Wildman–Crippen MR) is 115 cm³/mol. The van der Waals surface area contributed by atoms with E-state index in [2.05, 4.69) is 0 Å². The van der Waals surface area contributed by atoms with Gasteiger partial charge in [0.05, 0.1) is 35.9 Å². The monoisotopic (exact) mass is 492 g/mol. The summed E-state index contributed by atoms with van der Waals surface area (Å²) in [6, 6.07) is 0. The number of aliphatic hydroxyl groups is 2. The van der Waals surface area contributed by atoms with Gasteiger partial charge in [0.1, 0.15) is 6.10 Å². The lowest BCUT2D eigenvalue weighted by Crippen LogP contribution is -2.59. The van der Waals surface area contributed by atoms with Gasteiger partial charge in [-0.15, -0.1) is 0 Å². The van der Waals surface area contributed by atoms with Crippen LogP contribution in [-0.2, 0) is 38.1 Å². The minimum Gasteiger partial charge on any atom is -0.462 e. The lowest BCUT2D eigenvalue weighted by Gasteiger charge is -2.51. The highest BCUT2D eigenvalue weighted by atomic mass is 16.7. The van der Waals surface area contributed by atoms with Gasteiger partial charge >= 0.3 is 17.9 Å². The Kier molecular flexibility index (Phi) is 4.50. The molecule has 3 heterocycles. The molecule has 2 saturated heterocycles. The predicted octanol–water partition coefficient (Wildman–Crippen LogP) is 0.969. The molecular formula is C25H32O10. The minimum atomic E-state index is -1.24. The number of carbonyl (C=O) groups excluding carboxylic acids is 3. The van der Waals surface area contributed by atoms with E-state index in [9.17, 15) is 24.6 Å². The van der Waals surface area contributed by atoms with E-state index in [1.807, 2.05) is 0 Å². The standard InChI is InChI=1S/C25H32O10/c1-10-24(5,35-10)21(29)34-16-12-7-25-11-6-14(26)18(25)23(12,4)20(28)33-17(16)13(25)9-31-19(11)32-15(27)8-22(2,3)30/h9-12,14,16-19,26,30H,6-8H2,1-5H3/t10-,11-,12-,14+,16-,17+,18-,19-,23+,24+,25-/m1/s1. The summed E-state index contributed by atoms with van der Waals surface area (Å²) in [4.78, 5) is 38.8. The summed E-state index contributed by atoms with van der Waals surface area (Å²) < 4.78 is 28.8. The number of rotatable bonds is 5. The number of hydrogen-bond donors (Lipinski definition) is 2. The van der Waals surface area contributed by atoms with Gasteiger partial charge in [-0.3, -0.25) is 9.59 Å². The van der Waals surface area contributed by atoms with Crippen LogP contribution in [0.15, 0.2) is 11.8 Å². The quantitative estimate of drug-likeness (QED) is 0.324. The van der Waals surface area contributed by atoms with Crippen molar-refractivity contribution in [2.24, 2.45) is 28.6 Å². The topological polar surface area (TPSA) is 141 Å². The van der Waals surface area contributed by atoms with Gasteiger partial charge in [0, 0.05) is 28.7 Å². The van der Waals surface area contributed by atoms with Crippen molar-refractivity contribution in [2.45, 2.75) is 95.8 Å². The Balaban J connectivity index is 1.37. The lowest BCUT2D eigenvalue weighted by atomic mass is 9.61. The van der Waals surface area contributed by atoms with E-state index in [0.29, 0.717) is 18.4 Å². The number of esters is 3. The molecule has 1 spiro atoms. The molecule has 4 bridgehead atoms. The molecule has 10 heteroatoms. The number of carbonyl (C=O) groups is 3. The highest BCUT2D eigenvalue weighted by Crippen LogP contribution is 2.77. The van der Waals surface area contributed by atoms with E-state index in [1.165, 1.54) is 20.1 Å². The van der Waals surface area contributed by atoms with Crippen LogP contribution in [0.4, 0.5) is 0 Å². The van der Waals surface area contributed by atoms with Gasteiger partial charge in [0.25, 0.3) is 0 Å². The molecule has 0 aromatic rings. The molecular weight excluding hydrogens is 460 g/mol. The van der Waals surface area contributed by atoms with E-state index >= 15 is 0 Å². The second kappa shape index (κ2) is 6.77. The highest BCUT2D eigenvalue weighted by molar-refractivity contribution is 5.85. The third-order valence-corrected chi connectivity index (χ3v) is 9.55. The third-order valence-electron chi connectivity index (χ3n) is 9.55. The number of fused-ring (bicyclic) bond motifs is 2. The van der Waals surface area contributed by atoms with E-state index in [-0.39, 0.29) is 18.4 Å². The van der Waals surface area contributed by atoms with Gasteiger partial charge in [-0.1, -0.05) is 0 Å². The van der Waals surface area contributed by atoms with Crippen molar-refractivity contribution in [1.82, 2.24) is 0 Å². The lowest BCUT2D eigenvalue weighted by molar-refractivity contribution is -0.214. The van der Waals surface area contributed by atoms with Crippen LogP contribution in [0.5, 0.6) is 0 Å². The number of ether oxygens (including phenoxy) is 5. The van der Waals surface area contributed by atoms with Crippen LogP contribution in [0, 0.1) is 28.6 Å². The van der Waals surface area contributed by atoms with Crippen molar-refractivity contribution in [3.05, 3.63) is 11.8 Å². The first-order valence-corrected chi connectivity index (χ1v) is 12.3. The fourth-order valence-corrected chi connectivity index (χ4v) is 7.81. The molecule has 192 valence electrons. The number of aliphatic hydroxyl groups excluding tert-OH is 1. The van der Waals surface area contributed by atoms with Crippen molar-refractivity contribution in [3.63, 3.8) is 0 Å². The fourth-order valence-electron chi connectivity index (χ4n) is 7.81. The van der Waals surface area contributed by atoms with Gasteiger partial charge in [0.2, 0.25) is 6.29 Å². The maximum atomic E-state index is 13.3. The summed E-state index contributed by atoms with van der Waals surface area (Å²) >= 11 is 0. The van der Waals surface area contributed by atoms with Gasteiger partial charge in [0.15, 0.2) is 11.7 Å². The molecule has 0 radical (unpaired) electrons. The Morgan fingerprint density at radius 1 is 1.23 bits per heavy atom. The van der Waals surface area contributed by atoms with E-state index in [4.69, 9.17) is 23.7 Å². The first-order valence-electron chi connectivity index (χ1n) is 12.3. The van der Waals surface area contributed by atoms with Crippen LogP contribution >= 0.6 is 0 Å². The van der Waals surface area contributed by atoms with Crippen molar-refractivity contribution in [2.75, 3.05) is 0 Å². The molecule has 0 unspecified atom stereocenters. The Morgan fingerprint density at radius 3 is 2.54 bits per heavy atom. The smallest absolute Gasteiger partial charge is 0.341 e. The number of epoxide rings is 1. The Labute approximate surface area is 202 Å². The molecule has 6 aliphatic rings. The van der Waals surface area contributed by atoms with Gasteiger partial charge in [-0.05, 0) is 47.5 Å². The van der Waals surface area contributed by atoms with Crippen LogP contribution in [-0.4, -0.2) is 70.0 Å². The van der Waals surface area contributed by atoms with E-state index in [0.717, 1.165) is 0 Å². The first kappa shape index (κ1) is 23.2. The average molecular weight is 493 g/mol. The minimum absolute atomic E-state index is 0.211. The van der Waals surface area contributed by atoms with Gasteiger partial charge in [-0.25, -0.2) is 4.79 Å². The zero-order valence-electron chi connectivity index (χ0n) is 20.5. The molecule has 0 aromatic carbocycles. The van der Waals surface area contributed by atoms with Gasteiger partial charge < -0.3 is 33.9 Å². The Hall–Kier alpha value is -2.17. The highest BCUT2D eigenvalue weighted by Gasteiger charge is 2.82. The summed E-state index contributed by atoms with van der Waals surface area (Å²) in [6.45, 7) is 8.29. The second-order valence-electron chi connectivity index (χ2n) is 12.1. The van der Waals surface area contributed by atoms with Crippen LogP contribution in [0.25, 0.3) is 0 Å². The molecule has 10 nitrogen and oxygen atoms in total. The molecule has 11 atom stereocenters. The zero-order valence-corrected chi connectivity index (χ0v) is 20.5. The molecule has 35 heavy (non-hydrogen) atoms. The molecule has 2 N–H and O–H groups in total. The summed E-state index contributed by atoms with van der Waals surface area (Å²) in [5.74, 6) is -2.81. The summed E-state index contributed by atoms with van der Waals surface area (Å²) in [5, 5.41) is 21.3. The van der Waals surface area contributed by atoms with Crippen molar-refractivity contribution >= 4 is 17.9 Å². The fraction of sp³-hybridized carbons (Fsp3) is 0.800. The zero-order chi connectivity index (χ0) is 25.3. The first-order chi connectivity index (χ1) is 16.2. The summed E-state index contributed by atoms with van der Waals surface area (Å²) in [5.41, 5.74) is -3.37. The van der Waals surface area contributed by atoms with Crippen LogP contribution in [0.3, 0.4) is 0 Å². The molecule has 0 aromatic heterocycles. The Morgan fingerprint density at radius 2 is 1.91 bits per heavy atom. The Bertz CT molecular complexity index is 1050. The normalized spacial score (nSPS) is 50.6. The van der Waals surface area contributed by atoms with Crippen LogP contribution < -0.4 is 0 Å². The van der Waals surface area contributed by atoms with Crippen LogP contribution in [0.1, 0.15) is 53.9 Å². The molecule has 3 aliphatic carbocycles. The average Bonchev–Trinajstić information content (AvgIpc) is 3.15. The number of hydrogen-bond acceptors (Lipinski definition) is 10. The summed E-state index contributed by atoms with van der Waals surface area (Å²) in [7, 11) is 0. The van der Waals surface area contributed by atoms with Crippen molar-refractivity contribution in [3.8, 4) is 0 Å². The van der Waals surface area contributed by atoms with E-state index < -0.39 is 76.4 Å². The SMILES string of the molecule is C[C@H]1O[C@]1(C)C(=O)O[C@@H]1[C@H]2C[C@]34C5=CO[C@H](OC(=O)CC(C)(C)O)[C@H]3C[C@H](O)[C@@H]4[C@@]2(C)C(=O)O[C@@H]51. The van der Waals surface area contributed by atoms with Crippen LogP contribution in [0.2, 0.25) is 0 Å². The maximum absolute atomic E-state index is 13.3. The molecule has 3 saturated carbocycles. The third kappa shape index (κ3) is 2.84. The molecule has 5 fully saturated rings. The molecule has 3 aliphatic heterocycles.